The maximum atomic E-state index is 13.4. The van der Waals surface area contributed by atoms with E-state index in [1.165, 1.54) is 6.33 Å². The predicted molar refractivity (Wildman–Crippen MR) is 223 cm³/mol. The van der Waals surface area contributed by atoms with Crippen LogP contribution in [-0.4, -0.2) is 65.2 Å². The Bertz CT molecular complexity index is 2200. The maximum Gasteiger partial charge on any atom is 0.697 e. The molecule has 0 spiro atoms. The Hall–Kier alpha value is -4.91. The summed E-state index contributed by atoms with van der Waals surface area (Å²) >= 11 is 0. The van der Waals surface area contributed by atoms with Crippen LogP contribution in [0, 0.1) is 17.2 Å². The molecule has 1 aliphatic heterocycles. The zero-order chi connectivity index (χ0) is 41.7. The number of imidazole rings is 1. The number of anilines is 1. The summed E-state index contributed by atoms with van der Waals surface area (Å²) < 4.78 is 40.3. The van der Waals surface area contributed by atoms with E-state index in [0.717, 1.165) is 16.7 Å². The Morgan fingerprint density at radius 3 is 2.07 bits per heavy atom. The molecule has 1 fully saturated rings. The Balaban J connectivity index is 1.57. The van der Waals surface area contributed by atoms with E-state index in [0.29, 0.717) is 0 Å². The van der Waals surface area contributed by atoms with Gasteiger partial charge in [0.15, 0.2) is 25.7 Å². The smallest absolute Gasteiger partial charge is 0.408 e. The van der Waals surface area contributed by atoms with Crippen LogP contribution in [0.15, 0.2) is 102 Å². The minimum Gasteiger partial charge on any atom is -0.408 e. The van der Waals surface area contributed by atoms with Gasteiger partial charge in [0.25, 0.3) is 5.56 Å². The second kappa shape index (κ2) is 17.9. The molecule has 5 atom stereocenters. The fourth-order valence-electron chi connectivity index (χ4n) is 6.75. The number of benzene rings is 3. The summed E-state index contributed by atoms with van der Waals surface area (Å²) in [4.78, 5) is 37.9. The van der Waals surface area contributed by atoms with Crippen LogP contribution in [0.25, 0.3) is 11.2 Å². The van der Waals surface area contributed by atoms with Crippen molar-refractivity contribution in [2.45, 2.75) is 89.2 Å². The van der Waals surface area contributed by atoms with Gasteiger partial charge in [0.05, 0.1) is 30.4 Å². The molecule has 1 amide bonds. The molecule has 2 aromatic heterocycles. The minimum atomic E-state index is -2.65. The first-order valence-corrected chi connectivity index (χ1v) is 23.3. The van der Waals surface area contributed by atoms with Crippen LogP contribution in [0.1, 0.15) is 64.0 Å². The van der Waals surface area contributed by atoms with Crippen LogP contribution in [0.4, 0.5) is 5.95 Å². The van der Waals surface area contributed by atoms with Gasteiger partial charge < -0.3 is 9.16 Å². The van der Waals surface area contributed by atoms with Gasteiger partial charge in [-0.15, -0.1) is 9.05 Å². The Labute approximate surface area is 340 Å². The molecule has 3 aromatic carbocycles. The van der Waals surface area contributed by atoms with Gasteiger partial charge in [-0.05, 0) is 34.8 Å². The summed E-state index contributed by atoms with van der Waals surface area (Å²) in [5.41, 5.74) is 1.51. The topological polar surface area (TPSA) is 182 Å². The average Bonchev–Trinajstić information content (AvgIpc) is 3.77. The van der Waals surface area contributed by atoms with E-state index < -0.39 is 52.1 Å². The molecule has 0 aliphatic carbocycles. The molecule has 304 valence electrons. The number of H-pyrrole nitrogens is 1. The van der Waals surface area contributed by atoms with Crippen LogP contribution < -0.4 is 16.2 Å². The highest BCUT2D eigenvalue weighted by Gasteiger charge is 2.55. The van der Waals surface area contributed by atoms with Crippen molar-refractivity contribution in [3.8, 4) is 6.07 Å². The molecule has 3 N–H and O–H groups in total. The third kappa shape index (κ3) is 9.04. The first-order valence-electron chi connectivity index (χ1n) is 19.3. The van der Waals surface area contributed by atoms with Crippen molar-refractivity contribution in [1.82, 2.24) is 24.8 Å². The number of nitriles is 1. The summed E-state index contributed by atoms with van der Waals surface area (Å²) in [5, 5.41) is 15.5. The minimum absolute atomic E-state index is 0.0323. The largest absolute Gasteiger partial charge is 0.697 e. The molecule has 1 saturated heterocycles. The zero-order valence-electron chi connectivity index (χ0n) is 33.8. The zero-order valence-corrected chi connectivity index (χ0v) is 35.7. The number of carbonyl (C=O) groups is 1. The first kappa shape index (κ1) is 42.7. The lowest BCUT2D eigenvalue weighted by molar-refractivity contribution is -0.118. The highest BCUT2D eigenvalue weighted by atomic mass is 31.1. The van der Waals surface area contributed by atoms with Crippen LogP contribution >= 0.6 is 8.25 Å². The van der Waals surface area contributed by atoms with Gasteiger partial charge in [0.2, 0.25) is 11.9 Å². The number of amides is 1. The van der Waals surface area contributed by atoms with E-state index in [1.807, 2.05) is 60.7 Å². The molecule has 1 aliphatic rings. The number of ether oxygens (including phenoxy) is 1. The number of hydrogen-bond acceptors (Lipinski definition) is 11. The van der Waals surface area contributed by atoms with Gasteiger partial charge in [-0.1, -0.05) is 126 Å². The fraction of sp³-hybridized carbons (Fsp3) is 0.405. The van der Waals surface area contributed by atoms with Crippen molar-refractivity contribution in [3.63, 3.8) is 0 Å². The van der Waals surface area contributed by atoms with Crippen molar-refractivity contribution >= 4 is 39.6 Å². The number of nitrogens with zero attached hydrogens (tertiary/aromatic N) is 4. The lowest BCUT2D eigenvalue weighted by Gasteiger charge is -2.44. The molecule has 0 radical (unpaired) electrons. The van der Waals surface area contributed by atoms with Gasteiger partial charge in [0, 0.05) is 10.5 Å². The van der Waals surface area contributed by atoms with Crippen LogP contribution in [0.2, 0.25) is 18.1 Å². The molecule has 3 heterocycles. The molecule has 6 rings (SSSR count). The monoisotopic (exact) mass is 824 g/mol. The standard InChI is InChI=1S/C42H50N7O7PSi/c1-28(2)37(50)46-40-45-36-34(38(51)47-40)44-27-49(36)39-35(56-58(6,7)41(3,4)5)33(32(55-39)26-54-57(52)53-25-17-24-43)48-42(29-18-11-8-12-19-29,30-20-13-9-14-21-30)31-22-15-10-16-23-31/h8-16,18-23,27-28,32-33,35,39,48H,17,25-26H2,1-7H3,(H-,45,46,47,50,51)/p+1/t32-,33-,35-,39-/m1/s1. The number of fused-ring (bicyclic) bond motifs is 1. The fourth-order valence-corrected chi connectivity index (χ4v) is 8.64. The Morgan fingerprint density at radius 1 is 0.983 bits per heavy atom. The third-order valence-corrected chi connectivity index (χ3v) is 16.0. The lowest BCUT2D eigenvalue weighted by Crippen LogP contribution is -2.59. The average molecular weight is 825 g/mol. The van der Waals surface area contributed by atoms with Crippen molar-refractivity contribution in [2.24, 2.45) is 5.92 Å². The molecular weight excluding hydrogens is 774 g/mol. The van der Waals surface area contributed by atoms with Crippen molar-refractivity contribution in [1.29, 1.82) is 5.26 Å². The molecule has 5 aromatic rings. The van der Waals surface area contributed by atoms with E-state index in [4.69, 9.17) is 23.5 Å². The van der Waals surface area contributed by atoms with E-state index in [-0.39, 0.29) is 53.6 Å². The highest BCUT2D eigenvalue weighted by Crippen LogP contribution is 2.46. The third-order valence-electron chi connectivity index (χ3n) is 10.8. The van der Waals surface area contributed by atoms with Crippen molar-refractivity contribution in [2.75, 3.05) is 18.5 Å². The van der Waals surface area contributed by atoms with Crippen LogP contribution in [-0.2, 0) is 33.1 Å². The molecule has 0 bridgehead atoms. The number of rotatable bonds is 16. The number of aromatic amines is 1. The summed E-state index contributed by atoms with van der Waals surface area (Å²) in [6.07, 6.45) is -1.04. The van der Waals surface area contributed by atoms with Gasteiger partial charge in [-0.25, -0.2) is 4.98 Å². The van der Waals surface area contributed by atoms with E-state index in [9.17, 15) is 14.2 Å². The summed E-state index contributed by atoms with van der Waals surface area (Å²) in [6, 6.07) is 31.6. The molecule has 16 heteroatoms. The van der Waals surface area contributed by atoms with E-state index >= 15 is 0 Å². The van der Waals surface area contributed by atoms with Crippen LogP contribution in [0.5, 0.6) is 0 Å². The maximum absolute atomic E-state index is 13.4. The normalized spacial score (nSPS) is 19.0. The molecule has 1 unspecified atom stereocenters. The second-order valence-corrected chi connectivity index (χ2v) is 21.8. The van der Waals surface area contributed by atoms with Gasteiger partial charge in [-0.2, -0.15) is 10.2 Å². The molecule has 0 saturated carbocycles. The van der Waals surface area contributed by atoms with E-state index in [1.54, 1.807) is 18.4 Å². The number of aromatic nitrogens is 4. The quantitative estimate of drug-likeness (QED) is 0.0387. The number of hydrogen-bond donors (Lipinski definition) is 3. The van der Waals surface area contributed by atoms with Gasteiger partial charge >= 0.3 is 8.25 Å². The summed E-state index contributed by atoms with van der Waals surface area (Å²) in [6.45, 7) is 14.0. The summed E-state index contributed by atoms with van der Waals surface area (Å²) in [5.74, 6) is -0.722. The van der Waals surface area contributed by atoms with Crippen molar-refractivity contribution in [3.05, 3.63) is 124 Å². The lowest BCUT2D eigenvalue weighted by atomic mass is 9.76. The predicted octanol–water partition coefficient (Wildman–Crippen LogP) is 7.56. The SMILES string of the molecule is CC(C)C(=O)Nc1nc2c(ncn2[C@@H]2O[C@H](CO[P+](=O)OCCC#N)[C@@H](NC(c3ccccc3)(c3ccccc3)c3ccccc3)[C@H]2O[Si](C)(C)C(C)(C)C)c(=O)[nH]1. The molecule has 58 heavy (non-hydrogen) atoms. The highest BCUT2D eigenvalue weighted by molar-refractivity contribution is 7.33. The first-order chi connectivity index (χ1) is 27.7. The van der Waals surface area contributed by atoms with Crippen LogP contribution in [0.3, 0.4) is 0 Å². The second-order valence-electron chi connectivity index (χ2n) is 16.1. The van der Waals surface area contributed by atoms with Gasteiger partial charge in [-0.3, -0.25) is 29.8 Å². The number of carbonyl (C=O) groups excluding carboxylic acids is 1. The van der Waals surface area contributed by atoms with Gasteiger partial charge in [0.1, 0.15) is 25.4 Å². The Kier molecular flexibility index (Phi) is 13.2. The van der Waals surface area contributed by atoms with E-state index in [2.05, 4.69) is 95.8 Å². The number of nitrogens with one attached hydrogen (secondary N) is 3. The molecular formula is C42H51N7O7PSi+. The van der Waals surface area contributed by atoms with Crippen molar-refractivity contribution < 1.29 is 27.6 Å². The Morgan fingerprint density at radius 2 is 1.55 bits per heavy atom. The molecule has 14 nitrogen and oxygen atoms in total. The summed E-state index contributed by atoms with van der Waals surface area (Å²) in [7, 11) is -5.27.